The third-order valence-electron chi connectivity index (χ3n) is 2.43. The summed E-state index contributed by atoms with van der Waals surface area (Å²) >= 11 is 0. The van der Waals surface area contributed by atoms with Crippen LogP contribution in [0, 0.1) is 11.5 Å². The molecule has 112 valence electrons. The van der Waals surface area contributed by atoms with Gasteiger partial charge in [0.15, 0.2) is 6.29 Å². The average Bonchev–Trinajstić information content (AvgIpc) is 2.36. The summed E-state index contributed by atoms with van der Waals surface area (Å²) in [6.07, 6.45) is 2.44. The van der Waals surface area contributed by atoms with Crippen molar-refractivity contribution in [1.29, 1.82) is 0 Å². The fraction of sp³-hybridized carbons (Fsp3) is 0.857. The van der Waals surface area contributed by atoms with Crippen molar-refractivity contribution in [3.63, 3.8) is 0 Å². The highest BCUT2D eigenvalue weighted by Gasteiger charge is 2.12. The van der Waals surface area contributed by atoms with Gasteiger partial charge in [0, 0.05) is 21.3 Å². The Morgan fingerprint density at radius 3 is 2.11 bits per heavy atom. The minimum Gasteiger partial charge on any atom is -0.359 e. The van der Waals surface area contributed by atoms with E-state index in [1.165, 1.54) is 0 Å². The smallest absolute Gasteiger partial charge is 0.156 e. The second-order valence-electron chi connectivity index (χ2n) is 5.41. The van der Waals surface area contributed by atoms with E-state index < -0.39 is 8.07 Å². The Labute approximate surface area is 118 Å². The zero-order valence-corrected chi connectivity index (χ0v) is 14.1. The van der Waals surface area contributed by atoms with Gasteiger partial charge in [0.05, 0.1) is 0 Å². The van der Waals surface area contributed by atoms with Crippen molar-refractivity contribution < 1.29 is 18.9 Å². The molecule has 0 spiro atoms. The predicted molar refractivity (Wildman–Crippen MR) is 79.5 cm³/mol. The summed E-state index contributed by atoms with van der Waals surface area (Å²) < 4.78 is 20.8. The largest absolute Gasteiger partial charge is 0.359 e. The summed E-state index contributed by atoms with van der Waals surface area (Å²) in [7, 11) is 3.56. The molecule has 0 N–H and O–H groups in total. The molecule has 5 heteroatoms. The van der Waals surface area contributed by atoms with E-state index in [4.69, 9.17) is 18.9 Å². The maximum absolute atomic E-state index is 5.58. The molecule has 1 atom stereocenters. The van der Waals surface area contributed by atoms with Crippen LogP contribution in [-0.4, -0.2) is 48.6 Å². The second-order valence-corrected chi connectivity index (χ2v) is 10.2. The Bertz CT molecular complexity index is 273. The van der Waals surface area contributed by atoms with E-state index in [0.29, 0.717) is 0 Å². The Morgan fingerprint density at radius 2 is 1.63 bits per heavy atom. The molecule has 0 unspecified atom stereocenters. The summed E-state index contributed by atoms with van der Waals surface area (Å²) in [4.78, 5) is 0. The van der Waals surface area contributed by atoms with Crippen LogP contribution in [0.4, 0.5) is 0 Å². The molecule has 19 heavy (non-hydrogen) atoms. The lowest BCUT2D eigenvalue weighted by atomic mass is 10.1. The molecule has 0 radical (unpaired) electrons. The van der Waals surface area contributed by atoms with Gasteiger partial charge in [-0.05, 0) is 19.3 Å². The third kappa shape index (κ3) is 11.2. The van der Waals surface area contributed by atoms with Crippen molar-refractivity contribution in [3.05, 3.63) is 0 Å². The molecule has 0 saturated heterocycles. The first kappa shape index (κ1) is 18.6. The normalized spacial score (nSPS) is 13.2. The van der Waals surface area contributed by atoms with E-state index in [2.05, 4.69) is 31.1 Å². The van der Waals surface area contributed by atoms with Gasteiger partial charge < -0.3 is 18.9 Å². The molecule has 0 aliphatic rings. The number of hydrogen-bond donors (Lipinski definition) is 0. The quantitative estimate of drug-likeness (QED) is 0.371. The molecule has 0 aromatic heterocycles. The van der Waals surface area contributed by atoms with Crippen molar-refractivity contribution in [3.8, 4) is 11.5 Å². The van der Waals surface area contributed by atoms with Crippen LogP contribution >= 0.6 is 0 Å². The third-order valence-corrected chi connectivity index (χ3v) is 3.32. The van der Waals surface area contributed by atoms with E-state index in [-0.39, 0.29) is 19.2 Å². The molecule has 0 fully saturated rings. The highest BCUT2D eigenvalue weighted by molar-refractivity contribution is 6.83. The van der Waals surface area contributed by atoms with Gasteiger partial charge in [-0.15, -0.1) is 5.54 Å². The van der Waals surface area contributed by atoms with Crippen LogP contribution in [0.15, 0.2) is 0 Å². The first-order chi connectivity index (χ1) is 8.92. The molecule has 0 aliphatic carbocycles. The maximum atomic E-state index is 5.58. The topological polar surface area (TPSA) is 36.9 Å². The molecule has 0 aromatic rings. The summed E-state index contributed by atoms with van der Waals surface area (Å²) in [6, 6.07) is 0. The van der Waals surface area contributed by atoms with Gasteiger partial charge in [-0.25, -0.2) is 0 Å². The molecule has 0 bridgehead atoms. The van der Waals surface area contributed by atoms with Crippen LogP contribution in [0.5, 0.6) is 0 Å². The van der Waals surface area contributed by atoms with E-state index in [9.17, 15) is 0 Å². The fourth-order valence-corrected chi connectivity index (χ4v) is 2.04. The van der Waals surface area contributed by atoms with E-state index in [0.717, 1.165) is 19.3 Å². The van der Waals surface area contributed by atoms with Crippen molar-refractivity contribution in [2.45, 2.75) is 51.3 Å². The summed E-state index contributed by atoms with van der Waals surface area (Å²) in [5, 5.41) is 0. The van der Waals surface area contributed by atoms with Gasteiger partial charge in [0.1, 0.15) is 21.0 Å². The number of hydrogen-bond acceptors (Lipinski definition) is 4. The van der Waals surface area contributed by atoms with Gasteiger partial charge in [0.2, 0.25) is 0 Å². The summed E-state index contributed by atoms with van der Waals surface area (Å²) in [5.74, 6) is 3.23. The zero-order valence-electron chi connectivity index (χ0n) is 13.1. The highest BCUT2D eigenvalue weighted by Crippen LogP contribution is 2.10. The molecular weight excluding hydrogens is 260 g/mol. The average molecular weight is 288 g/mol. The Kier molecular flexibility index (Phi) is 10.2. The van der Waals surface area contributed by atoms with Crippen molar-refractivity contribution in [2.24, 2.45) is 0 Å². The molecule has 0 aliphatic heterocycles. The number of rotatable bonds is 9. The van der Waals surface area contributed by atoms with Gasteiger partial charge >= 0.3 is 0 Å². The van der Waals surface area contributed by atoms with Gasteiger partial charge in [0.25, 0.3) is 0 Å². The lowest BCUT2D eigenvalue weighted by molar-refractivity contribution is -0.109. The minimum absolute atomic E-state index is 0.0685. The minimum atomic E-state index is -1.37. The standard InChI is InChI=1S/C14H28O4Si/c1-15-12-18-13(10-11-19(4,5)6)8-7-9-14(16-2)17-3/h13-14H,7-9,12H2,1-6H3/t13-/m0/s1. The van der Waals surface area contributed by atoms with Crippen molar-refractivity contribution >= 4 is 8.07 Å². The molecule has 0 amide bonds. The molecule has 0 rings (SSSR count). The van der Waals surface area contributed by atoms with Crippen LogP contribution in [-0.2, 0) is 18.9 Å². The van der Waals surface area contributed by atoms with E-state index >= 15 is 0 Å². The van der Waals surface area contributed by atoms with Crippen LogP contribution in [0.25, 0.3) is 0 Å². The lowest BCUT2D eigenvalue weighted by Crippen LogP contribution is -2.20. The highest BCUT2D eigenvalue weighted by atomic mass is 28.3. The zero-order chi connectivity index (χ0) is 14.7. The van der Waals surface area contributed by atoms with Crippen LogP contribution in [0.3, 0.4) is 0 Å². The molecule has 0 heterocycles. The maximum Gasteiger partial charge on any atom is 0.156 e. The number of methoxy groups -OCH3 is 3. The fourth-order valence-electron chi connectivity index (χ4n) is 1.45. The van der Waals surface area contributed by atoms with Gasteiger partial charge in [-0.3, -0.25) is 0 Å². The second kappa shape index (κ2) is 10.4. The van der Waals surface area contributed by atoms with Crippen LogP contribution in [0.1, 0.15) is 19.3 Å². The van der Waals surface area contributed by atoms with Crippen LogP contribution in [0.2, 0.25) is 19.6 Å². The number of ether oxygens (including phenoxy) is 4. The first-order valence-electron chi connectivity index (χ1n) is 6.61. The van der Waals surface area contributed by atoms with Crippen molar-refractivity contribution in [1.82, 2.24) is 0 Å². The van der Waals surface area contributed by atoms with E-state index in [1.54, 1.807) is 21.3 Å². The predicted octanol–water partition coefficient (Wildman–Crippen LogP) is 2.65. The lowest BCUT2D eigenvalue weighted by Gasteiger charge is -2.16. The summed E-state index contributed by atoms with van der Waals surface area (Å²) in [5.41, 5.74) is 3.34. The Balaban J connectivity index is 4.23. The first-order valence-corrected chi connectivity index (χ1v) is 10.1. The van der Waals surface area contributed by atoms with Gasteiger partial charge in [-0.1, -0.05) is 25.6 Å². The monoisotopic (exact) mass is 288 g/mol. The Morgan fingerprint density at radius 1 is 1.00 bits per heavy atom. The SMILES string of the molecule is COCO[C@H](C#C[Si](C)(C)C)CCCC(OC)OC. The molecular formula is C14H28O4Si. The van der Waals surface area contributed by atoms with Crippen molar-refractivity contribution in [2.75, 3.05) is 28.1 Å². The molecule has 0 aromatic carbocycles. The Hall–Kier alpha value is -0.383. The molecule has 4 nitrogen and oxygen atoms in total. The van der Waals surface area contributed by atoms with Crippen LogP contribution < -0.4 is 0 Å². The summed E-state index contributed by atoms with van der Waals surface area (Å²) in [6.45, 7) is 6.95. The van der Waals surface area contributed by atoms with E-state index in [1.807, 2.05) is 0 Å². The molecule has 0 saturated carbocycles. The van der Waals surface area contributed by atoms with Gasteiger partial charge in [-0.2, -0.15) is 0 Å².